The van der Waals surface area contributed by atoms with E-state index in [4.69, 9.17) is 0 Å². The van der Waals surface area contributed by atoms with Crippen LogP contribution >= 0.6 is 45.3 Å². The van der Waals surface area contributed by atoms with E-state index in [1.54, 1.807) is 71.7 Å². The van der Waals surface area contributed by atoms with Crippen LogP contribution < -0.4 is 0 Å². The molecule has 0 atom stereocenters. The molecule has 306 valence electrons. The highest BCUT2D eigenvalue weighted by molar-refractivity contribution is 7.30. The number of benzene rings is 1. The molecule has 0 spiro atoms. The molecule has 0 saturated carbocycles. The van der Waals surface area contributed by atoms with E-state index in [1.165, 1.54) is 167 Å². The molecule has 1 aromatic carbocycles. The van der Waals surface area contributed by atoms with Crippen LogP contribution in [-0.2, 0) is 23.7 Å². The van der Waals surface area contributed by atoms with Crippen molar-refractivity contribution in [2.75, 3.05) is 0 Å². The Hall–Kier alpha value is -1.46. The Morgan fingerprint density at radius 1 is 0.375 bits per heavy atom. The second-order valence-electron chi connectivity index (χ2n) is 17.8. The lowest BCUT2D eigenvalue weighted by Crippen LogP contribution is -2.24. The molecule has 2 aliphatic rings. The van der Waals surface area contributed by atoms with Gasteiger partial charge in [0.15, 0.2) is 0 Å². The maximum Gasteiger partial charge on any atom is 0.0501 e. The Bertz CT molecular complexity index is 1850. The van der Waals surface area contributed by atoms with E-state index in [1.807, 2.05) is 0 Å². The Balaban J connectivity index is 1.07. The zero-order valence-corrected chi connectivity index (χ0v) is 39.6. The molecule has 0 saturated heterocycles. The zero-order chi connectivity index (χ0) is 39.1. The summed E-state index contributed by atoms with van der Waals surface area (Å²) in [4.78, 5) is 6.46. The van der Waals surface area contributed by atoms with Crippen molar-refractivity contribution in [3.63, 3.8) is 0 Å². The highest BCUT2D eigenvalue weighted by Gasteiger charge is 2.49. The normalized spacial score (nSPS) is 15.0. The van der Waals surface area contributed by atoms with Crippen molar-refractivity contribution in [1.29, 1.82) is 0 Å². The van der Waals surface area contributed by atoms with Crippen molar-refractivity contribution < 1.29 is 0 Å². The van der Waals surface area contributed by atoms with E-state index in [-0.39, 0.29) is 10.8 Å². The van der Waals surface area contributed by atoms with Gasteiger partial charge in [-0.05, 0) is 109 Å². The molecule has 4 heterocycles. The van der Waals surface area contributed by atoms with E-state index in [2.05, 4.69) is 111 Å². The van der Waals surface area contributed by atoms with Gasteiger partial charge in [0.25, 0.3) is 0 Å². The van der Waals surface area contributed by atoms with E-state index < -0.39 is 0 Å². The standard InChI is InChI=1S/C52H74S4/c1-7-13-15-17-19-21-23-25-27-29-31-37-33-43-49(53-37)45-47(55-43)39-35-42-40(36-41(39)51(45,9-3)10-4)48-46(52(42,11-5)12-6)50-44(56-48)34-38(54-50)32-30-28-26-24-22-20-18-16-14-8-2/h33-36H,7-32H2,1-6H3. The van der Waals surface area contributed by atoms with Crippen molar-refractivity contribution in [2.45, 2.75) is 219 Å². The fraction of sp³-hybridized carbons (Fsp3) is 0.654. The Morgan fingerprint density at radius 2 is 0.696 bits per heavy atom. The summed E-state index contributed by atoms with van der Waals surface area (Å²) in [6, 6.07) is 10.7. The van der Waals surface area contributed by atoms with Crippen LogP contribution in [0.1, 0.15) is 228 Å². The first-order chi connectivity index (χ1) is 27.5. The molecule has 7 rings (SSSR count). The van der Waals surface area contributed by atoms with Gasteiger partial charge in [-0.25, -0.2) is 0 Å². The van der Waals surface area contributed by atoms with Crippen molar-refractivity contribution in [3.05, 3.63) is 56.3 Å². The molecule has 0 bridgehead atoms. The van der Waals surface area contributed by atoms with Crippen molar-refractivity contribution in [3.8, 4) is 20.9 Å². The van der Waals surface area contributed by atoms with Crippen LogP contribution in [-0.4, -0.2) is 0 Å². The average molecular weight is 827 g/mol. The van der Waals surface area contributed by atoms with E-state index >= 15 is 0 Å². The predicted octanol–water partition coefficient (Wildman–Crippen LogP) is 19.3. The summed E-state index contributed by atoms with van der Waals surface area (Å²) < 4.78 is 6.37. The molecule has 4 heteroatoms. The number of hydrogen-bond donors (Lipinski definition) is 0. The van der Waals surface area contributed by atoms with Crippen LogP contribution in [0.2, 0.25) is 0 Å². The third kappa shape index (κ3) is 8.19. The second kappa shape index (κ2) is 19.7. The minimum absolute atomic E-state index is 0.123. The maximum absolute atomic E-state index is 2.74. The second-order valence-corrected chi connectivity index (χ2v) is 22.2. The van der Waals surface area contributed by atoms with Gasteiger partial charge in [-0.3, -0.25) is 0 Å². The average Bonchev–Trinajstić information content (AvgIpc) is 4.04. The molecule has 0 amide bonds. The van der Waals surface area contributed by atoms with Crippen molar-refractivity contribution in [2.24, 2.45) is 0 Å². The summed E-state index contributed by atoms with van der Waals surface area (Å²) >= 11 is 8.55. The van der Waals surface area contributed by atoms with Gasteiger partial charge in [-0.15, -0.1) is 45.3 Å². The van der Waals surface area contributed by atoms with Gasteiger partial charge in [-0.1, -0.05) is 157 Å². The first kappa shape index (κ1) is 42.7. The summed E-state index contributed by atoms with van der Waals surface area (Å²) in [5.74, 6) is 0. The predicted molar refractivity (Wildman–Crippen MR) is 258 cm³/mol. The molecule has 4 aromatic heterocycles. The van der Waals surface area contributed by atoms with E-state index in [9.17, 15) is 0 Å². The molecular formula is C52H74S4. The van der Waals surface area contributed by atoms with Crippen LogP contribution in [0.5, 0.6) is 0 Å². The number of fused-ring (bicyclic) bond motifs is 10. The molecule has 0 N–H and O–H groups in total. The van der Waals surface area contributed by atoms with Gasteiger partial charge in [0.2, 0.25) is 0 Å². The van der Waals surface area contributed by atoms with E-state index in [0.29, 0.717) is 0 Å². The fourth-order valence-electron chi connectivity index (χ4n) is 10.9. The van der Waals surface area contributed by atoms with Gasteiger partial charge in [0.05, 0.1) is 9.40 Å². The molecule has 0 nitrogen and oxygen atoms in total. The first-order valence-corrected chi connectivity index (χ1v) is 27.1. The van der Waals surface area contributed by atoms with E-state index in [0.717, 1.165) is 0 Å². The number of unbranched alkanes of at least 4 members (excludes halogenated alkanes) is 18. The molecule has 5 aromatic rings. The molecule has 0 unspecified atom stereocenters. The SMILES string of the molecule is CCCCCCCCCCCCc1cc2sc3c(c2s1)C(CC)(CC)c1cc2c(cc1-3)C(CC)(CC)c1c-2sc2cc(CCCCCCCCCCCC)sc12. The Kier molecular flexibility index (Phi) is 15.0. The largest absolute Gasteiger partial charge is 0.139 e. The number of hydrogen-bond acceptors (Lipinski definition) is 4. The van der Waals surface area contributed by atoms with Crippen LogP contribution in [0, 0.1) is 0 Å². The molecule has 0 radical (unpaired) electrons. The van der Waals surface area contributed by atoms with Gasteiger partial charge in [0, 0.05) is 39.7 Å². The fourth-order valence-corrected chi connectivity index (χ4v) is 16.8. The summed E-state index contributed by atoms with van der Waals surface area (Å²) in [7, 11) is 0. The van der Waals surface area contributed by atoms with Gasteiger partial charge >= 0.3 is 0 Å². The summed E-state index contributed by atoms with van der Waals surface area (Å²) in [5.41, 5.74) is 10.1. The van der Waals surface area contributed by atoms with Crippen molar-refractivity contribution >= 4 is 64.1 Å². The summed E-state index contributed by atoms with van der Waals surface area (Å²) in [6.07, 6.45) is 35.5. The highest BCUT2D eigenvalue weighted by atomic mass is 32.1. The number of rotatable bonds is 26. The molecule has 0 fully saturated rings. The van der Waals surface area contributed by atoms with Crippen molar-refractivity contribution in [1.82, 2.24) is 0 Å². The lowest BCUT2D eigenvalue weighted by atomic mass is 9.71. The number of aryl methyl sites for hydroxylation is 2. The minimum atomic E-state index is 0.123. The van der Waals surface area contributed by atoms with Gasteiger partial charge in [0.1, 0.15) is 0 Å². The third-order valence-corrected chi connectivity index (χ3v) is 19.5. The minimum Gasteiger partial charge on any atom is -0.139 e. The van der Waals surface area contributed by atoms with Crippen LogP contribution in [0.15, 0.2) is 24.3 Å². The molecule has 56 heavy (non-hydrogen) atoms. The Morgan fingerprint density at radius 3 is 1.02 bits per heavy atom. The monoisotopic (exact) mass is 826 g/mol. The summed E-state index contributed by atoms with van der Waals surface area (Å²) in [5, 5.41) is 0. The Labute approximate surface area is 358 Å². The smallest absolute Gasteiger partial charge is 0.0501 e. The third-order valence-electron chi connectivity index (χ3n) is 14.4. The van der Waals surface area contributed by atoms with Crippen LogP contribution in [0.25, 0.3) is 39.7 Å². The lowest BCUT2D eigenvalue weighted by molar-refractivity contribution is 0.489. The maximum atomic E-state index is 2.74. The van der Waals surface area contributed by atoms with Gasteiger partial charge < -0.3 is 0 Å². The zero-order valence-electron chi connectivity index (χ0n) is 36.3. The molecule has 0 aliphatic heterocycles. The van der Waals surface area contributed by atoms with Crippen LogP contribution in [0.4, 0.5) is 0 Å². The van der Waals surface area contributed by atoms with Crippen LogP contribution in [0.3, 0.4) is 0 Å². The quantitative estimate of drug-likeness (QED) is 0.0487. The highest BCUT2D eigenvalue weighted by Crippen LogP contribution is 2.65. The lowest BCUT2D eigenvalue weighted by Gasteiger charge is -2.31. The number of thiophene rings is 4. The first-order valence-electron chi connectivity index (χ1n) is 23.8. The topological polar surface area (TPSA) is 0 Å². The molecular weight excluding hydrogens is 753 g/mol. The molecule has 2 aliphatic carbocycles. The summed E-state index contributed by atoms with van der Waals surface area (Å²) in [6.45, 7) is 14.5. The van der Waals surface area contributed by atoms with Gasteiger partial charge in [-0.2, -0.15) is 0 Å².